The molecule has 0 spiro atoms. The average molecular weight is 221 g/mol. The molecule has 0 aliphatic carbocycles. The summed E-state index contributed by atoms with van der Waals surface area (Å²) in [5.74, 6) is 1.03. The highest BCUT2D eigenvalue weighted by molar-refractivity contribution is 5.72. The first-order valence-electron chi connectivity index (χ1n) is 5.36. The molecular weight excluding hydrogens is 202 g/mol. The van der Waals surface area contributed by atoms with Gasteiger partial charge in [0, 0.05) is 40.3 Å². The molecule has 4 heteroatoms. The van der Waals surface area contributed by atoms with Crippen molar-refractivity contribution in [1.82, 2.24) is 9.88 Å². The van der Waals surface area contributed by atoms with Crippen molar-refractivity contribution in [2.24, 2.45) is 0 Å². The van der Waals surface area contributed by atoms with Crippen LogP contribution in [0.25, 0.3) is 0 Å². The molecule has 0 aliphatic rings. The third kappa shape index (κ3) is 3.53. The summed E-state index contributed by atoms with van der Waals surface area (Å²) in [7, 11) is 3.79. The minimum absolute atomic E-state index is 0.0885. The van der Waals surface area contributed by atoms with E-state index in [1.807, 2.05) is 31.0 Å². The molecule has 1 aromatic heterocycles. The van der Waals surface area contributed by atoms with Crippen molar-refractivity contribution >= 4 is 11.7 Å². The first kappa shape index (κ1) is 12.5. The lowest BCUT2D eigenvalue weighted by Crippen LogP contribution is -2.33. The third-order valence-electron chi connectivity index (χ3n) is 2.60. The van der Waals surface area contributed by atoms with Crippen LogP contribution in [0.1, 0.15) is 12.5 Å². The smallest absolute Gasteiger partial charge is 0.219 e. The van der Waals surface area contributed by atoms with Gasteiger partial charge in [0.25, 0.3) is 0 Å². The van der Waals surface area contributed by atoms with E-state index in [0.29, 0.717) is 6.54 Å². The van der Waals surface area contributed by atoms with Crippen LogP contribution in [0.3, 0.4) is 0 Å². The summed E-state index contributed by atoms with van der Waals surface area (Å²) in [6.07, 6.45) is 1.80. The number of rotatable bonds is 4. The van der Waals surface area contributed by atoms with Gasteiger partial charge < -0.3 is 9.80 Å². The molecule has 0 fully saturated rings. The highest BCUT2D eigenvalue weighted by Crippen LogP contribution is 2.09. The van der Waals surface area contributed by atoms with E-state index < -0.39 is 0 Å². The molecule has 1 amide bonds. The van der Waals surface area contributed by atoms with Crippen LogP contribution in [0, 0.1) is 6.92 Å². The molecule has 0 saturated carbocycles. The van der Waals surface area contributed by atoms with E-state index in [9.17, 15) is 4.79 Å². The van der Waals surface area contributed by atoms with Crippen molar-refractivity contribution in [2.75, 3.05) is 32.1 Å². The maximum atomic E-state index is 11.0. The molecule has 88 valence electrons. The maximum Gasteiger partial charge on any atom is 0.219 e. The number of carbonyl (C=O) groups is 1. The van der Waals surface area contributed by atoms with E-state index >= 15 is 0 Å². The van der Waals surface area contributed by atoms with E-state index in [1.165, 1.54) is 5.56 Å². The molecule has 0 unspecified atom stereocenters. The van der Waals surface area contributed by atoms with Crippen LogP contribution in [-0.4, -0.2) is 43.0 Å². The Hall–Kier alpha value is -1.58. The van der Waals surface area contributed by atoms with Crippen molar-refractivity contribution in [2.45, 2.75) is 13.8 Å². The van der Waals surface area contributed by atoms with E-state index in [2.05, 4.69) is 4.98 Å². The molecule has 1 rings (SSSR count). The van der Waals surface area contributed by atoms with Gasteiger partial charge in [-0.25, -0.2) is 4.98 Å². The van der Waals surface area contributed by atoms with Gasteiger partial charge >= 0.3 is 0 Å². The molecule has 0 aromatic carbocycles. The van der Waals surface area contributed by atoms with Crippen LogP contribution in [0.4, 0.5) is 5.82 Å². The Kier molecular flexibility index (Phi) is 4.28. The fourth-order valence-electron chi connectivity index (χ4n) is 1.30. The molecule has 0 N–H and O–H groups in total. The molecule has 0 radical (unpaired) electrons. The van der Waals surface area contributed by atoms with Gasteiger partial charge in [0.2, 0.25) is 5.91 Å². The standard InChI is InChI=1S/C12H19N3O/c1-10-5-6-13-12(9-10)15(4)8-7-14(3)11(2)16/h5-6,9H,7-8H2,1-4H3. The average Bonchev–Trinajstić information content (AvgIpc) is 2.25. The summed E-state index contributed by atoms with van der Waals surface area (Å²) in [5, 5.41) is 0. The van der Waals surface area contributed by atoms with Crippen molar-refractivity contribution in [3.63, 3.8) is 0 Å². The van der Waals surface area contributed by atoms with Crippen molar-refractivity contribution in [3.05, 3.63) is 23.9 Å². The molecule has 4 nitrogen and oxygen atoms in total. The lowest BCUT2D eigenvalue weighted by atomic mass is 10.3. The highest BCUT2D eigenvalue weighted by Gasteiger charge is 2.06. The minimum Gasteiger partial charge on any atom is -0.358 e. The Balaban J connectivity index is 2.52. The number of aromatic nitrogens is 1. The normalized spacial score (nSPS) is 10.0. The van der Waals surface area contributed by atoms with Crippen molar-refractivity contribution in [1.29, 1.82) is 0 Å². The first-order valence-corrected chi connectivity index (χ1v) is 5.36. The molecular formula is C12H19N3O. The highest BCUT2D eigenvalue weighted by atomic mass is 16.2. The monoisotopic (exact) mass is 221 g/mol. The lowest BCUT2D eigenvalue weighted by molar-refractivity contribution is -0.127. The second-order valence-electron chi connectivity index (χ2n) is 4.05. The number of hydrogen-bond donors (Lipinski definition) is 0. The number of likely N-dealkylation sites (N-methyl/N-ethyl adjacent to an activating group) is 2. The van der Waals surface area contributed by atoms with Crippen LogP contribution in [0.5, 0.6) is 0 Å². The van der Waals surface area contributed by atoms with Crippen LogP contribution < -0.4 is 4.90 Å². The molecule has 0 atom stereocenters. The number of hydrogen-bond acceptors (Lipinski definition) is 3. The van der Waals surface area contributed by atoms with E-state index in [1.54, 1.807) is 25.1 Å². The summed E-state index contributed by atoms with van der Waals surface area (Å²) >= 11 is 0. The van der Waals surface area contributed by atoms with Gasteiger partial charge in [-0.1, -0.05) is 0 Å². The zero-order valence-corrected chi connectivity index (χ0v) is 10.4. The Morgan fingerprint density at radius 1 is 1.38 bits per heavy atom. The van der Waals surface area contributed by atoms with E-state index in [-0.39, 0.29) is 5.91 Å². The van der Waals surface area contributed by atoms with Gasteiger partial charge in [-0.3, -0.25) is 4.79 Å². The Labute approximate surface area is 96.9 Å². The lowest BCUT2D eigenvalue weighted by Gasteiger charge is -2.22. The van der Waals surface area contributed by atoms with Gasteiger partial charge in [0.1, 0.15) is 5.82 Å². The SMILES string of the molecule is CC(=O)N(C)CCN(C)c1cc(C)ccn1. The van der Waals surface area contributed by atoms with Gasteiger partial charge in [-0.15, -0.1) is 0 Å². The zero-order valence-electron chi connectivity index (χ0n) is 10.4. The topological polar surface area (TPSA) is 36.4 Å². The Morgan fingerprint density at radius 3 is 2.62 bits per heavy atom. The zero-order chi connectivity index (χ0) is 12.1. The quantitative estimate of drug-likeness (QED) is 0.769. The minimum atomic E-state index is 0.0885. The largest absolute Gasteiger partial charge is 0.358 e. The summed E-state index contributed by atoms with van der Waals surface area (Å²) in [4.78, 5) is 19.1. The van der Waals surface area contributed by atoms with Gasteiger partial charge in [-0.05, 0) is 24.6 Å². The van der Waals surface area contributed by atoms with Gasteiger partial charge in [0.15, 0.2) is 0 Å². The van der Waals surface area contributed by atoms with Crippen LogP contribution in [0.2, 0.25) is 0 Å². The molecule has 16 heavy (non-hydrogen) atoms. The second kappa shape index (κ2) is 5.49. The Bertz CT molecular complexity index is 365. The van der Waals surface area contributed by atoms with Crippen LogP contribution in [0.15, 0.2) is 18.3 Å². The number of pyridine rings is 1. The van der Waals surface area contributed by atoms with Crippen LogP contribution in [-0.2, 0) is 4.79 Å². The van der Waals surface area contributed by atoms with E-state index in [0.717, 1.165) is 12.4 Å². The van der Waals surface area contributed by atoms with Gasteiger partial charge in [0.05, 0.1) is 0 Å². The van der Waals surface area contributed by atoms with Crippen LogP contribution >= 0.6 is 0 Å². The van der Waals surface area contributed by atoms with Crippen molar-refractivity contribution < 1.29 is 4.79 Å². The molecule has 1 aromatic rings. The molecule has 1 heterocycles. The summed E-state index contributed by atoms with van der Waals surface area (Å²) in [5.41, 5.74) is 1.19. The summed E-state index contributed by atoms with van der Waals surface area (Å²) in [6, 6.07) is 4.01. The fourth-order valence-corrected chi connectivity index (χ4v) is 1.30. The number of amides is 1. The van der Waals surface area contributed by atoms with Crippen molar-refractivity contribution in [3.8, 4) is 0 Å². The maximum absolute atomic E-state index is 11.0. The predicted molar refractivity (Wildman–Crippen MR) is 65.6 cm³/mol. The number of aryl methyl sites for hydroxylation is 1. The number of nitrogens with zero attached hydrogens (tertiary/aromatic N) is 3. The van der Waals surface area contributed by atoms with E-state index in [4.69, 9.17) is 0 Å². The first-order chi connectivity index (χ1) is 7.50. The fraction of sp³-hybridized carbons (Fsp3) is 0.500. The Morgan fingerprint density at radius 2 is 2.06 bits per heavy atom. The summed E-state index contributed by atoms with van der Waals surface area (Å²) in [6.45, 7) is 5.11. The molecule has 0 saturated heterocycles. The van der Waals surface area contributed by atoms with Gasteiger partial charge in [-0.2, -0.15) is 0 Å². The second-order valence-corrected chi connectivity index (χ2v) is 4.05. The predicted octanol–water partition coefficient (Wildman–Crippen LogP) is 1.30. The molecule has 0 bridgehead atoms. The third-order valence-corrected chi connectivity index (χ3v) is 2.60. The number of anilines is 1. The molecule has 0 aliphatic heterocycles. The summed E-state index contributed by atoms with van der Waals surface area (Å²) < 4.78 is 0. The number of carbonyl (C=O) groups excluding carboxylic acids is 1.